The summed E-state index contributed by atoms with van der Waals surface area (Å²) < 4.78 is 5.52. The number of nitrogens with one attached hydrogen (secondary N) is 1. The number of methoxy groups -OCH3 is 1. The molecule has 180 valence electrons. The summed E-state index contributed by atoms with van der Waals surface area (Å²) in [7, 11) is 5.96. The molecule has 0 amide bonds. The van der Waals surface area contributed by atoms with Crippen LogP contribution in [0.4, 0.5) is 5.69 Å². The molecule has 0 aliphatic heterocycles. The first-order chi connectivity index (χ1) is 16.5. The molecule has 0 saturated carbocycles. The molecular weight excluding hydrogens is 420 g/mol. The maximum atomic E-state index is 9.81. The van der Waals surface area contributed by atoms with Gasteiger partial charge in [-0.3, -0.25) is 0 Å². The van der Waals surface area contributed by atoms with Gasteiger partial charge in [0.1, 0.15) is 11.5 Å². The fourth-order valence-corrected chi connectivity index (χ4v) is 4.92. The van der Waals surface area contributed by atoms with Crippen molar-refractivity contribution in [1.82, 2.24) is 4.90 Å². The molecular formula is C30H38N2O2. The normalized spacial score (nSPS) is 15.2. The molecule has 0 saturated heterocycles. The van der Waals surface area contributed by atoms with Crippen LogP contribution in [0.5, 0.6) is 11.5 Å². The van der Waals surface area contributed by atoms with Crippen molar-refractivity contribution in [2.75, 3.05) is 39.6 Å². The van der Waals surface area contributed by atoms with Crippen LogP contribution in [0, 0.1) is 0 Å². The predicted octanol–water partition coefficient (Wildman–Crippen LogP) is 5.82. The molecule has 0 unspecified atom stereocenters. The standard InChI is InChI=1S/C30H38N2O2/c1-32(2)18-16-23-8-6-22(7-9-23)5-4-17-31-30-21-28(34-3)14-15-29(30)26-11-10-25-20-27(33)13-12-24(25)19-26/h6-9,12-15,20-21,26,31,33H,4-5,10-11,16-19H2,1-3H3/t26-/m1/s1. The van der Waals surface area contributed by atoms with Gasteiger partial charge in [-0.05, 0) is 105 Å². The minimum atomic E-state index is 0.368. The van der Waals surface area contributed by atoms with E-state index in [1.807, 2.05) is 12.1 Å². The summed E-state index contributed by atoms with van der Waals surface area (Å²) >= 11 is 0. The second-order valence-electron chi connectivity index (χ2n) is 9.75. The first-order valence-corrected chi connectivity index (χ1v) is 12.5. The van der Waals surface area contributed by atoms with Crippen LogP contribution in [-0.4, -0.2) is 44.3 Å². The van der Waals surface area contributed by atoms with Crippen LogP contribution in [0.25, 0.3) is 0 Å². The summed E-state index contributed by atoms with van der Waals surface area (Å²) in [6.45, 7) is 2.01. The molecule has 0 bridgehead atoms. The van der Waals surface area contributed by atoms with E-state index in [9.17, 15) is 5.11 Å². The number of fused-ring (bicyclic) bond motifs is 1. The van der Waals surface area contributed by atoms with Crippen LogP contribution < -0.4 is 10.1 Å². The third-order valence-corrected chi connectivity index (χ3v) is 6.95. The zero-order valence-corrected chi connectivity index (χ0v) is 20.8. The third kappa shape index (κ3) is 6.32. The molecule has 4 rings (SSSR count). The van der Waals surface area contributed by atoms with Crippen molar-refractivity contribution in [2.24, 2.45) is 0 Å². The second kappa shape index (κ2) is 11.4. The van der Waals surface area contributed by atoms with Gasteiger partial charge in [0.2, 0.25) is 0 Å². The third-order valence-electron chi connectivity index (χ3n) is 6.95. The number of nitrogens with zero attached hydrogens (tertiary/aromatic N) is 1. The van der Waals surface area contributed by atoms with Gasteiger partial charge in [0.15, 0.2) is 0 Å². The zero-order chi connectivity index (χ0) is 23.9. The summed E-state index contributed by atoms with van der Waals surface area (Å²) in [4.78, 5) is 2.23. The Labute approximate surface area is 204 Å². The Morgan fingerprint density at radius 2 is 1.71 bits per heavy atom. The van der Waals surface area contributed by atoms with E-state index in [2.05, 4.69) is 72.8 Å². The Morgan fingerprint density at radius 1 is 0.941 bits per heavy atom. The number of rotatable bonds is 10. The summed E-state index contributed by atoms with van der Waals surface area (Å²) in [5.74, 6) is 1.73. The maximum absolute atomic E-state index is 9.81. The summed E-state index contributed by atoms with van der Waals surface area (Å²) in [5.41, 5.74) is 7.99. The van der Waals surface area contributed by atoms with Gasteiger partial charge in [0, 0.05) is 24.8 Å². The Kier molecular flexibility index (Phi) is 8.12. The van der Waals surface area contributed by atoms with Gasteiger partial charge in [-0.2, -0.15) is 0 Å². The molecule has 3 aromatic carbocycles. The van der Waals surface area contributed by atoms with Crippen molar-refractivity contribution in [3.05, 3.63) is 88.5 Å². The number of hydrogen-bond donors (Lipinski definition) is 2. The number of benzene rings is 3. The number of hydrogen-bond acceptors (Lipinski definition) is 4. The average molecular weight is 459 g/mol. The Hall–Kier alpha value is -2.98. The minimum Gasteiger partial charge on any atom is -0.508 e. The highest BCUT2D eigenvalue weighted by Gasteiger charge is 2.23. The molecule has 1 aliphatic rings. The van der Waals surface area contributed by atoms with E-state index in [0.29, 0.717) is 11.7 Å². The molecule has 0 fully saturated rings. The Bertz CT molecular complexity index is 1080. The molecule has 2 N–H and O–H groups in total. The molecule has 0 heterocycles. The lowest BCUT2D eigenvalue weighted by molar-refractivity contribution is 0.413. The zero-order valence-electron chi connectivity index (χ0n) is 20.8. The van der Waals surface area contributed by atoms with E-state index in [1.165, 1.54) is 33.5 Å². The molecule has 0 spiro atoms. The van der Waals surface area contributed by atoms with Crippen LogP contribution in [0.3, 0.4) is 0 Å². The van der Waals surface area contributed by atoms with Crippen molar-refractivity contribution in [2.45, 2.75) is 44.4 Å². The number of anilines is 1. The number of ether oxygens (including phenoxy) is 1. The number of aromatic hydroxyl groups is 1. The largest absolute Gasteiger partial charge is 0.508 e. The quantitative estimate of drug-likeness (QED) is 0.376. The molecule has 0 radical (unpaired) electrons. The number of phenols is 1. The van der Waals surface area contributed by atoms with Crippen molar-refractivity contribution in [1.29, 1.82) is 0 Å². The van der Waals surface area contributed by atoms with E-state index in [1.54, 1.807) is 7.11 Å². The van der Waals surface area contributed by atoms with Crippen molar-refractivity contribution in [3.63, 3.8) is 0 Å². The minimum absolute atomic E-state index is 0.368. The van der Waals surface area contributed by atoms with E-state index in [0.717, 1.165) is 57.4 Å². The first kappa shape index (κ1) is 24.2. The van der Waals surface area contributed by atoms with Crippen molar-refractivity contribution >= 4 is 5.69 Å². The Morgan fingerprint density at radius 3 is 2.44 bits per heavy atom. The fourth-order valence-electron chi connectivity index (χ4n) is 4.92. The summed E-state index contributed by atoms with van der Waals surface area (Å²) in [6, 6.07) is 21.4. The van der Waals surface area contributed by atoms with Crippen LogP contribution in [0.1, 0.15) is 46.6 Å². The van der Waals surface area contributed by atoms with Gasteiger partial charge >= 0.3 is 0 Å². The summed E-state index contributed by atoms with van der Waals surface area (Å²) in [5, 5.41) is 13.5. The van der Waals surface area contributed by atoms with Crippen LogP contribution in [0.15, 0.2) is 60.7 Å². The highest BCUT2D eigenvalue weighted by molar-refractivity contribution is 5.57. The number of aryl methyl sites for hydroxylation is 2. The van der Waals surface area contributed by atoms with Crippen LogP contribution in [0.2, 0.25) is 0 Å². The topological polar surface area (TPSA) is 44.7 Å². The molecule has 34 heavy (non-hydrogen) atoms. The fraction of sp³-hybridized carbons (Fsp3) is 0.400. The second-order valence-corrected chi connectivity index (χ2v) is 9.75. The van der Waals surface area contributed by atoms with E-state index >= 15 is 0 Å². The monoisotopic (exact) mass is 458 g/mol. The van der Waals surface area contributed by atoms with E-state index in [4.69, 9.17) is 4.74 Å². The average Bonchev–Trinajstić information content (AvgIpc) is 2.85. The van der Waals surface area contributed by atoms with Gasteiger partial charge in [0.05, 0.1) is 7.11 Å². The maximum Gasteiger partial charge on any atom is 0.120 e. The lowest BCUT2D eigenvalue weighted by Crippen LogP contribution is -2.15. The van der Waals surface area contributed by atoms with Gasteiger partial charge in [-0.25, -0.2) is 0 Å². The smallest absolute Gasteiger partial charge is 0.120 e. The first-order valence-electron chi connectivity index (χ1n) is 12.5. The molecule has 1 aliphatic carbocycles. The number of phenolic OH excluding ortho intramolecular Hbond substituents is 1. The highest BCUT2D eigenvalue weighted by Crippen LogP contribution is 2.38. The number of likely N-dealkylation sites (N-methyl/N-ethyl adjacent to an activating group) is 1. The summed E-state index contributed by atoms with van der Waals surface area (Å²) in [6.07, 6.45) is 6.36. The Balaban J connectivity index is 1.36. The predicted molar refractivity (Wildman–Crippen MR) is 141 cm³/mol. The molecule has 3 aromatic rings. The molecule has 0 aromatic heterocycles. The van der Waals surface area contributed by atoms with Gasteiger partial charge in [0.25, 0.3) is 0 Å². The van der Waals surface area contributed by atoms with Crippen LogP contribution in [-0.2, 0) is 25.7 Å². The molecule has 4 heteroatoms. The lowest BCUT2D eigenvalue weighted by Gasteiger charge is -2.27. The lowest BCUT2D eigenvalue weighted by atomic mass is 9.79. The van der Waals surface area contributed by atoms with Gasteiger partial charge < -0.3 is 20.1 Å². The van der Waals surface area contributed by atoms with Gasteiger partial charge in [-0.1, -0.05) is 36.4 Å². The molecule has 1 atom stereocenters. The SMILES string of the molecule is COc1ccc([C@@H]2CCc3cc(O)ccc3C2)c(NCCCc2ccc(CCN(C)C)cc2)c1. The van der Waals surface area contributed by atoms with Crippen molar-refractivity contribution in [3.8, 4) is 11.5 Å². The van der Waals surface area contributed by atoms with Gasteiger partial charge in [-0.15, -0.1) is 0 Å². The van der Waals surface area contributed by atoms with Crippen LogP contribution >= 0.6 is 0 Å². The van der Waals surface area contributed by atoms with Crippen molar-refractivity contribution < 1.29 is 9.84 Å². The van der Waals surface area contributed by atoms with E-state index in [-0.39, 0.29) is 0 Å². The molecule has 4 nitrogen and oxygen atoms in total. The van der Waals surface area contributed by atoms with E-state index < -0.39 is 0 Å². The highest BCUT2D eigenvalue weighted by atomic mass is 16.5.